The Morgan fingerprint density at radius 3 is 2.77 bits per heavy atom. The van der Waals surface area contributed by atoms with Crippen LogP contribution in [-0.4, -0.2) is 27.5 Å². The van der Waals surface area contributed by atoms with Crippen molar-refractivity contribution in [2.24, 2.45) is 5.16 Å². The lowest BCUT2D eigenvalue weighted by Gasteiger charge is -2.15. The van der Waals surface area contributed by atoms with Gasteiger partial charge in [0.05, 0.1) is 22.7 Å². The normalized spacial score (nSPS) is 17.0. The van der Waals surface area contributed by atoms with Gasteiger partial charge >= 0.3 is 6.18 Å². The van der Waals surface area contributed by atoms with Crippen LogP contribution in [0.5, 0.6) is 0 Å². The average Bonchev–Trinajstić information content (AvgIpc) is 3.20. The van der Waals surface area contributed by atoms with Crippen LogP contribution in [0.2, 0.25) is 0 Å². The number of nitrogens with zero attached hydrogens (tertiary/aromatic N) is 3. The lowest BCUT2D eigenvalue weighted by Crippen LogP contribution is -2.29. The van der Waals surface area contributed by atoms with Crippen LogP contribution in [0.4, 0.5) is 18.9 Å². The molecule has 1 unspecified atom stereocenters. The van der Waals surface area contributed by atoms with Gasteiger partial charge < -0.3 is 10.2 Å². The summed E-state index contributed by atoms with van der Waals surface area (Å²) < 4.78 is 40.8. The SMILES string of the molecule is CCn1cc(C2=NOC(C(=O)Nc3ccccc3C(F)(F)F)C2)c(C)n1. The molecular formula is C17H17F3N4O2. The van der Waals surface area contributed by atoms with E-state index in [4.69, 9.17) is 4.84 Å². The first kappa shape index (κ1) is 18.0. The molecule has 3 rings (SSSR count). The van der Waals surface area contributed by atoms with Crippen molar-refractivity contribution in [3.8, 4) is 0 Å². The van der Waals surface area contributed by atoms with E-state index in [1.54, 1.807) is 10.9 Å². The van der Waals surface area contributed by atoms with Gasteiger partial charge in [0, 0.05) is 24.7 Å². The standard InChI is InChI=1S/C17H17F3N4O2/c1-3-24-9-11(10(2)22-24)14-8-15(26-23-14)16(25)21-13-7-5-4-6-12(13)17(18,19)20/h4-7,9,15H,3,8H2,1-2H3,(H,21,25). The summed E-state index contributed by atoms with van der Waals surface area (Å²) in [6.45, 7) is 4.45. The van der Waals surface area contributed by atoms with Crippen LogP contribution < -0.4 is 5.32 Å². The topological polar surface area (TPSA) is 68.5 Å². The van der Waals surface area contributed by atoms with E-state index in [9.17, 15) is 18.0 Å². The first-order chi connectivity index (χ1) is 12.3. The molecule has 0 bridgehead atoms. The molecule has 0 saturated heterocycles. The van der Waals surface area contributed by atoms with Crippen LogP contribution in [0.1, 0.15) is 30.2 Å². The van der Waals surface area contributed by atoms with Gasteiger partial charge in [0.1, 0.15) is 0 Å². The first-order valence-corrected chi connectivity index (χ1v) is 8.03. The molecule has 0 saturated carbocycles. The lowest BCUT2D eigenvalue weighted by atomic mass is 10.1. The zero-order valence-electron chi connectivity index (χ0n) is 14.2. The molecule has 138 valence electrons. The summed E-state index contributed by atoms with van der Waals surface area (Å²) in [7, 11) is 0. The van der Waals surface area contributed by atoms with E-state index in [0.29, 0.717) is 12.3 Å². The molecule has 1 aromatic heterocycles. The number of aromatic nitrogens is 2. The highest BCUT2D eigenvalue weighted by Gasteiger charge is 2.35. The summed E-state index contributed by atoms with van der Waals surface area (Å²) in [6.07, 6.45) is -3.59. The van der Waals surface area contributed by atoms with Crippen LogP contribution in [0.25, 0.3) is 0 Å². The molecule has 0 fully saturated rings. The minimum atomic E-state index is -4.56. The molecule has 1 aliphatic heterocycles. The summed E-state index contributed by atoms with van der Waals surface area (Å²) in [4.78, 5) is 17.5. The Kier molecular flexibility index (Phi) is 4.71. The lowest BCUT2D eigenvalue weighted by molar-refractivity contribution is -0.137. The third-order valence-electron chi connectivity index (χ3n) is 4.03. The maximum Gasteiger partial charge on any atom is 0.418 e. The van der Waals surface area contributed by atoms with E-state index in [1.165, 1.54) is 18.2 Å². The molecule has 9 heteroatoms. The third-order valence-corrected chi connectivity index (χ3v) is 4.03. The van der Waals surface area contributed by atoms with Crippen molar-refractivity contribution in [1.82, 2.24) is 9.78 Å². The van der Waals surface area contributed by atoms with E-state index >= 15 is 0 Å². The predicted octanol–water partition coefficient (Wildman–Crippen LogP) is 3.36. The summed E-state index contributed by atoms with van der Waals surface area (Å²) in [5.74, 6) is -0.680. The number of hydrogen-bond acceptors (Lipinski definition) is 4. The van der Waals surface area contributed by atoms with E-state index in [-0.39, 0.29) is 12.1 Å². The summed E-state index contributed by atoms with van der Waals surface area (Å²) >= 11 is 0. The fourth-order valence-corrected chi connectivity index (χ4v) is 2.69. The molecule has 26 heavy (non-hydrogen) atoms. The molecule has 0 spiro atoms. The molecule has 1 aliphatic rings. The van der Waals surface area contributed by atoms with E-state index < -0.39 is 23.8 Å². The summed E-state index contributed by atoms with van der Waals surface area (Å²) in [5.41, 5.74) is 0.839. The number of carbonyl (C=O) groups is 1. The number of aryl methyl sites for hydroxylation is 2. The van der Waals surface area contributed by atoms with Crippen LogP contribution in [-0.2, 0) is 22.4 Å². The number of anilines is 1. The number of nitrogens with one attached hydrogen (secondary N) is 1. The minimum Gasteiger partial charge on any atom is -0.382 e. The molecule has 2 heterocycles. The van der Waals surface area contributed by atoms with Crippen molar-refractivity contribution in [1.29, 1.82) is 0 Å². The predicted molar refractivity (Wildman–Crippen MR) is 88.7 cm³/mol. The highest BCUT2D eigenvalue weighted by atomic mass is 19.4. The van der Waals surface area contributed by atoms with E-state index in [1.807, 2.05) is 13.8 Å². The number of benzene rings is 1. The smallest absolute Gasteiger partial charge is 0.382 e. The first-order valence-electron chi connectivity index (χ1n) is 8.03. The number of para-hydroxylation sites is 1. The summed E-state index contributed by atoms with van der Waals surface area (Å²) in [5, 5.41) is 10.5. The second-order valence-electron chi connectivity index (χ2n) is 5.85. The largest absolute Gasteiger partial charge is 0.418 e. The molecule has 2 aromatic rings. The van der Waals surface area contributed by atoms with Crippen molar-refractivity contribution in [2.45, 2.75) is 39.1 Å². The Labute approximate surface area is 147 Å². The number of hydrogen-bond donors (Lipinski definition) is 1. The Hall–Kier alpha value is -2.84. The monoisotopic (exact) mass is 366 g/mol. The molecule has 6 nitrogen and oxygen atoms in total. The number of amides is 1. The summed E-state index contributed by atoms with van der Waals surface area (Å²) in [6, 6.07) is 4.80. The van der Waals surface area contributed by atoms with Crippen molar-refractivity contribution in [3.63, 3.8) is 0 Å². The Morgan fingerprint density at radius 2 is 2.12 bits per heavy atom. The maximum atomic E-state index is 13.0. The molecule has 1 amide bonds. The average molecular weight is 366 g/mol. The van der Waals surface area contributed by atoms with Gasteiger partial charge in [-0.3, -0.25) is 9.48 Å². The van der Waals surface area contributed by atoms with Gasteiger partial charge in [0.15, 0.2) is 0 Å². The molecule has 0 radical (unpaired) electrons. The fraction of sp³-hybridized carbons (Fsp3) is 0.353. The zero-order chi connectivity index (χ0) is 18.9. The Bertz CT molecular complexity index is 858. The molecule has 0 aliphatic carbocycles. The van der Waals surface area contributed by atoms with E-state index in [0.717, 1.165) is 17.3 Å². The molecule has 1 aromatic carbocycles. The Balaban J connectivity index is 1.71. The third kappa shape index (κ3) is 3.56. The van der Waals surface area contributed by atoms with Crippen molar-refractivity contribution in [3.05, 3.63) is 47.3 Å². The van der Waals surface area contributed by atoms with Gasteiger partial charge in [0.2, 0.25) is 6.10 Å². The highest BCUT2D eigenvalue weighted by molar-refractivity contribution is 6.06. The molecule has 1 N–H and O–H groups in total. The van der Waals surface area contributed by atoms with Crippen LogP contribution >= 0.6 is 0 Å². The number of oxime groups is 1. The van der Waals surface area contributed by atoms with Gasteiger partial charge in [-0.1, -0.05) is 17.3 Å². The van der Waals surface area contributed by atoms with Gasteiger partial charge in [-0.15, -0.1) is 0 Å². The number of halogens is 3. The van der Waals surface area contributed by atoms with Crippen LogP contribution in [0, 0.1) is 6.92 Å². The molecule has 1 atom stereocenters. The van der Waals surface area contributed by atoms with E-state index in [2.05, 4.69) is 15.6 Å². The van der Waals surface area contributed by atoms with Crippen molar-refractivity contribution >= 4 is 17.3 Å². The quantitative estimate of drug-likeness (QED) is 0.902. The highest BCUT2D eigenvalue weighted by Crippen LogP contribution is 2.34. The number of alkyl halides is 3. The second kappa shape index (κ2) is 6.81. The zero-order valence-corrected chi connectivity index (χ0v) is 14.2. The van der Waals surface area contributed by atoms with Gasteiger partial charge in [-0.2, -0.15) is 18.3 Å². The maximum absolute atomic E-state index is 13.0. The van der Waals surface area contributed by atoms with Gasteiger partial charge in [0.25, 0.3) is 5.91 Å². The molecular weight excluding hydrogens is 349 g/mol. The minimum absolute atomic E-state index is 0.163. The van der Waals surface area contributed by atoms with Gasteiger partial charge in [-0.25, -0.2) is 0 Å². The van der Waals surface area contributed by atoms with Crippen molar-refractivity contribution in [2.75, 3.05) is 5.32 Å². The van der Waals surface area contributed by atoms with Crippen molar-refractivity contribution < 1.29 is 22.8 Å². The van der Waals surface area contributed by atoms with Crippen LogP contribution in [0.3, 0.4) is 0 Å². The fourth-order valence-electron chi connectivity index (χ4n) is 2.69. The number of carbonyl (C=O) groups excluding carboxylic acids is 1. The van der Waals surface area contributed by atoms with Crippen LogP contribution in [0.15, 0.2) is 35.6 Å². The second-order valence-corrected chi connectivity index (χ2v) is 5.85. The van der Waals surface area contributed by atoms with Gasteiger partial charge in [-0.05, 0) is 26.0 Å². The number of rotatable bonds is 4. The Morgan fingerprint density at radius 1 is 1.38 bits per heavy atom.